The monoisotopic (exact) mass is 399 g/mol. The Kier molecular flexibility index (Phi) is 8.29. The number of carbonyl (C=O) groups excluding carboxylic acids is 2. The van der Waals surface area contributed by atoms with Crippen molar-refractivity contribution in [2.75, 3.05) is 12.3 Å². The Balaban J connectivity index is 1.66. The second kappa shape index (κ2) is 10.7. The Morgan fingerprint density at radius 2 is 2.04 bits per heavy atom. The lowest BCUT2D eigenvalue weighted by molar-refractivity contribution is -0.150. The lowest BCUT2D eigenvalue weighted by atomic mass is 10.1. The minimum absolute atomic E-state index is 0.127. The van der Waals surface area contributed by atoms with E-state index in [1.165, 1.54) is 6.33 Å². The molecule has 3 atom stereocenters. The average Bonchev–Trinajstić information content (AvgIpc) is 3.02. The first-order chi connectivity index (χ1) is 13.4. The predicted molar refractivity (Wildman–Crippen MR) is 93.8 cm³/mol. The van der Waals surface area contributed by atoms with Gasteiger partial charge in [0.1, 0.15) is 25.3 Å². The molecule has 1 aromatic heterocycles. The van der Waals surface area contributed by atoms with Gasteiger partial charge in [0.05, 0.1) is 6.10 Å². The van der Waals surface area contributed by atoms with Gasteiger partial charge in [0.25, 0.3) is 0 Å². The molecule has 156 valence electrons. The Morgan fingerprint density at radius 1 is 1.32 bits per heavy atom. The number of aliphatic hydroxyl groups excluding tert-OH is 1. The Hall–Kier alpha value is -2.57. The number of anilines is 1. The summed E-state index contributed by atoms with van der Waals surface area (Å²) in [7, 11) is 0. The highest BCUT2D eigenvalue weighted by Gasteiger charge is 2.36. The van der Waals surface area contributed by atoms with Crippen molar-refractivity contribution in [2.24, 2.45) is 0 Å². The summed E-state index contributed by atoms with van der Waals surface area (Å²) in [6.07, 6.45) is 2.10. The highest BCUT2D eigenvalue weighted by molar-refractivity contribution is 5.74. The van der Waals surface area contributed by atoms with Crippen LogP contribution in [0.5, 0.6) is 0 Å². The average molecular weight is 399 g/mol. The highest BCUT2D eigenvalue weighted by atomic mass is 16.6. The van der Waals surface area contributed by atoms with Gasteiger partial charge >= 0.3 is 11.7 Å². The van der Waals surface area contributed by atoms with Crippen molar-refractivity contribution in [1.29, 1.82) is 0 Å². The summed E-state index contributed by atoms with van der Waals surface area (Å²) in [5, 5.41) is 18.4. The fourth-order valence-corrected chi connectivity index (χ4v) is 2.80. The van der Waals surface area contributed by atoms with E-state index in [0.29, 0.717) is 12.8 Å². The molecule has 0 bridgehead atoms. The number of nitrogens with one attached hydrogen (secondary N) is 1. The van der Waals surface area contributed by atoms with Crippen LogP contribution in [0, 0.1) is 0 Å². The first-order valence-electron chi connectivity index (χ1n) is 9.03. The number of esters is 1. The molecule has 12 heteroatoms. The van der Waals surface area contributed by atoms with Crippen LogP contribution in [-0.2, 0) is 19.1 Å². The van der Waals surface area contributed by atoms with E-state index in [-0.39, 0.29) is 31.8 Å². The number of nitrogens with two attached hydrogens (primary N) is 1. The summed E-state index contributed by atoms with van der Waals surface area (Å²) >= 11 is 0. The third kappa shape index (κ3) is 6.55. The van der Waals surface area contributed by atoms with Gasteiger partial charge in [-0.3, -0.25) is 19.4 Å². The smallest absolute Gasteiger partial charge is 0.354 e. The lowest BCUT2D eigenvalue weighted by Crippen LogP contribution is -2.29. The molecule has 0 aromatic carbocycles. The molecule has 28 heavy (non-hydrogen) atoms. The third-order valence-electron chi connectivity index (χ3n) is 4.33. The van der Waals surface area contributed by atoms with Crippen LogP contribution in [-0.4, -0.2) is 55.5 Å². The van der Waals surface area contributed by atoms with Crippen molar-refractivity contribution >= 4 is 17.8 Å². The summed E-state index contributed by atoms with van der Waals surface area (Å²) in [6, 6.07) is 0. The zero-order valence-electron chi connectivity index (χ0n) is 15.3. The number of unbranched alkanes of at least 4 members (excludes halogenated alkanes) is 3. The van der Waals surface area contributed by atoms with E-state index in [2.05, 4.69) is 9.97 Å². The zero-order valence-corrected chi connectivity index (χ0v) is 15.3. The molecule has 2 heterocycles. The molecule has 0 aliphatic carbocycles. The molecule has 1 amide bonds. The number of hydrogen-bond acceptors (Lipinski definition) is 10. The number of nitrogen functional groups attached to an aromatic ring is 1. The molecule has 0 spiro atoms. The van der Waals surface area contributed by atoms with Gasteiger partial charge in [-0.1, -0.05) is 12.8 Å². The van der Waals surface area contributed by atoms with E-state index in [4.69, 9.17) is 20.4 Å². The summed E-state index contributed by atoms with van der Waals surface area (Å²) in [5.74, 6) is -0.997. The summed E-state index contributed by atoms with van der Waals surface area (Å²) in [5.41, 5.74) is 6.26. The number of carbonyl (C=O) groups is 2. The van der Waals surface area contributed by atoms with Gasteiger partial charge in [-0.2, -0.15) is 4.98 Å². The Morgan fingerprint density at radius 3 is 2.71 bits per heavy atom. The number of rotatable bonds is 10. The molecule has 0 saturated carbocycles. The summed E-state index contributed by atoms with van der Waals surface area (Å²) in [4.78, 5) is 41.7. The van der Waals surface area contributed by atoms with Crippen molar-refractivity contribution in [3.05, 3.63) is 16.8 Å². The number of hydrogen-bond donors (Lipinski definition) is 4. The van der Waals surface area contributed by atoms with Crippen LogP contribution in [0.15, 0.2) is 11.1 Å². The number of hydroxylamine groups is 1. The Bertz CT molecular complexity index is 726. The van der Waals surface area contributed by atoms with Gasteiger partial charge in [0.2, 0.25) is 11.9 Å². The molecular formula is C16H25N5O7. The van der Waals surface area contributed by atoms with Crippen LogP contribution < -0.4 is 16.9 Å². The van der Waals surface area contributed by atoms with Gasteiger partial charge in [-0.05, 0) is 12.8 Å². The fourth-order valence-electron chi connectivity index (χ4n) is 2.80. The molecule has 1 aliphatic heterocycles. The van der Waals surface area contributed by atoms with E-state index in [0.717, 1.165) is 17.4 Å². The highest BCUT2D eigenvalue weighted by Crippen LogP contribution is 2.27. The van der Waals surface area contributed by atoms with Crippen LogP contribution in [0.2, 0.25) is 0 Å². The van der Waals surface area contributed by atoms with Crippen molar-refractivity contribution in [1.82, 2.24) is 20.0 Å². The number of amides is 1. The first kappa shape index (κ1) is 21.7. The molecule has 2 rings (SSSR count). The molecule has 0 radical (unpaired) electrons. The van der Waals surface area contributed by atoms with Crippen molar-refractivity contribution in [2.45, 2.75) is 63.4 Å². The van der Waals surface area contributed by atoms with Crippen LogP contribution in [0.4, 0.5) is 5.95 Å². The van der Waals surface area contributed by atoms with Crippen molar-refractivity contribution in [3.8, 4) is 0 Å². The Labute approximate surface area is 160 Å². The predicted octanol–water partition coefficient (Wildman–Crippen LogP) is -0.742. The zero-order chi connectivity index (χ0) is 20.5. The SMILES string of the molecule is Nc1ncn(C2CC(O)C(COC(=O)CCCCCCC(=O)NO)O2)c(=O)n1. The number of aromatic nitrogens is 3. The molecule has 1 aliphatic rings. The minimum Gasteiger partial charge on any atom is -0.463 e. The van der Waals surface area contributed by atoms with Gasteiger partial charge in [-0.15, -0.1) is 0 Å². The standard InChI is InChI=1S/C16H25N5O7/c17-15-18-9-21(16(25)19-15)13-7-10(22)11(28-13)8-27-14(24)6-4-2-1-3-5-12(23)20-26/h9-11,13,22,26H,1-8H2,(H,20,23)(H2,17,19,25). The van der Waals surface area contributed by atoms with Gasteiger partial charge in [0, 0.05) is 19.3 Å². The number of ether oxygens (including phenoxy) is 2. The normalized spacial score (nSPS) is 21.4. The van der Waals surface area contributed by atoms with Crippen molar-refractivity contribution < 1.29 is 29.4 Å². The molecule has 1 fully saturated rings. The lowest BCUT2D eigenvalue weighted by Gasteiger charge is -2.15. The maximum Gasteiger partial charge on any atom is 0.354 e. The van der Waals surface area contributed by atoms with Gasteiger partial charge in [-0.25, -0.2) is 15.3 Å². The van der Waals surface area contributed by atoms with Gasteiger partial charge < -0.3 is 20.3 Å². The number of nitrogens with zero attached hydrogens (tertiary/aromatic N) is 3. The third-order valence-corrected chi connectivity index (χ3v) is 4.33. The van der Waals surface area contributed by atoms with Gasteiger partial charge in [0.15, 0.2) is 0 Å². The molecule has 1 saturated heterocycles. The minimum atomic E-state index is -0.903. The molecule has 12 nitrogen and oxygen atoms in total. The second-order valence-electron chi connectivity index (χ2n) is 6.47. The maximum absolute atomic E-state index is 11.8. The quantitative estimate of drug-likeness (QED) is 0.169. The molecule has 1 aromatic rings. The number of aliphatic hydroxyl groups is 1. The fraction of sp³-hybridized carbons (Fsp3) is 0.688. The van der Waals surface area contributed by atoms with E-state index < -0.39 is 36.0 Å². The van der Waals surface area contributed by atoms with E-state index in [9.17, 15) is 19.5 Å². The first-order valence-corrected chi connectivity index (χ1v) is 9.03. The van der Waals surface area contributed by atoms with Crippen LogP contribution in [0.25, 0.3) is 0 Å². The largest absolute Gasteiger partial charge is 0.463 e. The van der Waals surface area contributed by atoms with E-state index >= 15 is 0 Å². The van der Waals surface area contributed by atoms with Crippen molar-refractivity contribution in [3.63, 3.8) is 0 Å². The molecular weight excluding hydrogens is 374 g/mol. The van der Waals surface area contributed by atoms with Crippen LogP contribution in [0.3, 0.4) is 0 Å². The van der Waals surface area contributed by atoms with E-state index in [1.807, 2.05) is 0 Å². The topological polar surface area (TPSA) is 179 Å². The van der Waals surface area contributed by atoms with Crippen LogP contribution in [0.1, 0.15) is 51.2 Å². The second-order valence-corrected chi connectivity index (χ2v) is 6.47. The van der Waals surface area contributed by atoms with Crippen LogP contribution >= 0.6 is 0 Å². The maximum atomic E-state index is 11.8. The summed E-state index contributed by atoms with van der Waals surface area (Å²) < 4.78 is 11.8. The summed E-state index contributed by atoms with van der Waals surface area (Å²) in [6.45, 7) is -0.127. The molecule has 5 N–H and O–H groups in total. The molecule has 3 unspecified atom stereocenters. The van der Waals surface area contributed by atoms with E-state index in [1.54, 1.807) is 5.48 Å².